The van der Waals surface area contributed by atoms with Gasteiger partial charge in [0.15, 0.2) is 0 Å². The van der Waals surface area contributed by atoms with Crippen LogP contribution in [0.5, 0.6) is 0 Å². The molecule has 1 fully saturated rings. The van der Waals surface area contributed by atoms with Gasteiger partial charge in [0.25, 0.3) is 0 Å². The van der Waals surface area contributed by atoms with Crippen molar-refractivity contribution in [1.29, 1.82) is 0 Å². The van der Waals surface area contributed by atoms with Gasteiger partial charge in [-0.2, -0.15) is 0 Å². The molecule has 1 N–H and O–H groups in total. The van der Waals surface area contributed by atoms with Crippen molar-refractivity contribution in [3.63, 3.8) is 0 Å². The topological polar surface area (TPSA) is 75.4 Å². The minimum atomic E-state index is -0.845. The third-order valence-electron chi connectivity index (χ3n) is 4.02. The van der Waals surface area contributed by atoms with Crippen molar-refractivity contribution in [3.05, 3.63) is 18.2 Å². The number of likely N-dealkylation sites (tertiary alicyclic amines) is 1. The van der Waals surface area contributed by atoms with Crippen molar-refractivity contribution in [2.45, 2.75) is 58.7 Å². The Morgan fingerprint density at radius 3 is 2.81 bits per heavy atom. The summed E-state index contributed by atoms with van der Waals surface area (Å²) in [7, 11) is 0. The molecule has 116 valence electrons. The van der Waals surface area contributed by atoms with Crippen LogP contribution in [0.4, 0.5) is 0 Å². The van der Waals surface area contributed by atoms with Gasteiger partial charge in [-0.15, -0.1) is 0 Å². The number of carbonyl (C=O) groups is 2. The Morgan fingerprint density at radius 2 is 2.24 bits per heavy atom. The number of carbonyl (C=O) groups excluding carboxylic acids is 1. The van der Waals surface area contributed by atoms with Crippen molar-refractivity contribution in [2.24, 2.45) is 5.92 Å². The number of nitrogens with zero attached hydrogens (tertiary/aromatic N) is 3. The van der Waals surface area contributed by atoms with E-state index in [2.05, 4.69) is 11.9 Å². The number of amides is 1. The Morgan fingerprint density at radius 1 is 1.52 bits per heavy atom. The zero-order valence-corrected chi connectivity index (χ0v) is 12.8. The number of hydrogen-bond donors (Lipinski definition) is 1. The monoisotopic (exact) mass is 293 g/mol. The average molecular weight is 293 g/mol. The lowest BCUT2D eigenvalue weighted by atomic mass is 9.86. The van der Waals surface area contributed by atoms with Crippen molar-refractivity contribution in [1.82, 2.24) is 14.5 Å². The van der Waals surface area contributed by atoms with Crippen LogP contribution in [-0.2, 0) is 16.1 Å². The second kappa shape index (κ2) is 6.28. The molecular weight excluding hydrogens is 270 g/mol. The molecule has 6 nitrogen and oxygen atoms in total. The highest BCUT2D eigenvalue weighted by molar-refractivity contribution is 5.81. The third kappa shape index (κ3) is 2.94. The molecule has 2 atom stereocenters. The first-order valence-electron chi connectivity index (χ1n) is 7.51. The van der Waals surface area contributed by atoms with Crippen LogP contribution in [0.2, 0.25) is 0 Å². The van der Waals surface area contributed by atoms with Crippen LogP contribution in [0.3, 0.4) is 0 Å². The first kappa shape index (κ1) is 15.5. The van der Waals surface area contributed by atoms with Crippen LogP contribution >= 0.6 is 0 Å². The van der Waals surface area contributed by atoms with Gasteiger partial charge in [-0.05, 0) is 26.7 Å². The quantitative estimate of drug-likeness (QED) is 0.901. The van der Waals surface area contributed by atoms with E-state index in [1.807, 2.05) is 18.4 Å². The molecule has 1 aliphatic rings. The summed E-state index contributed by atoms with van der Waals surface area (Å²) in [6.45, 7) is 6.69. The largest absolute Gasteiger partial charge is 0.481 e. The van der Waals surface area contributed by atoms with Crippen molar-refractivity contribution < 1.29 is 14.7 Å². The zero-order valence-electron chi connectivity index (χ0n) is 12.8. The number of imidazole rings is 1. The van der Waals surface area contributed by atoms with E-state index < -0.39 is 17.9 Å². The number of hydrogen-bond acceptors (Lipinski definition) is 3. The Hall–Kier alpha value is -1.85. The van der Waals surface area contributed by atoms with Gasteiger partial charge < -0.3 is 14.6 Å². The minimum absolute atomic E-state index is 0.0248. The first-order valence-corrected chi connectivity index (χ1v) is 7.51. The molecule has 0 aliphatic carbocycles. The molecule has 1 aliphatic heterocycles. The fourth-order valence-corrected chi connectivity index (χ4v) is 3.14. The van der Waals surface area contributed by atoms with E-state index in [0.29, 0.717) is 12.8 Å². The van der Waals surface area contributed by atoms with Gasteiger partial charge in [0, 0.05) is 19.0 Å². The average Bonchev–Trinajstić information content (AvgIpc) is 2.85. The normalized spacial score (nSPS) is 22.9. The number of carboxylic acid groups (broad SMARTS) is 1. The molecule has 2 rings (SSSR count). The van der Waals surface area contributed by atoms with Crippen LogP contribution in [0.25, 0.3) is 0 Å². The van der Waals surface area contributed by atoms with Gasteiger partial charge in [-0.1, -0.05) is 6.92 Å². The van der Waals surface area contributed by atoms with Gasteiger partial charge in [0.2, 0.25) is 5.91 Å². The van der Waals surface area contributed by atoms with Gasteiger partial charge >= 0.3 is 5.97 Å². The molecular formula is C15H23N3O3. The molecule has 21 heavy (non-hydrogen) atoms. The fraction of sp³-hybridized carbons (Fsp3) is 0.667. The van der Waals surface area contributed by atoms with Crippen LogP contribution in [-0.4, -0.2) is 37.5 Å². The van der Waals surface area contributed by atoms with Crippen LogP contribution in [0, 0.1) is 5.92 Å². The Bertz CT molecular complexity index is 524. The highest BCUT2D eigenvalue weighted by atomic mass is 16.4. The summed E-state index contributed by atoms with van der Waals surface area (Å²) >= 11 is 0. The maximum absolute atomic E-state index is 12.3. The second-order valence-electron chi connectivity index (χ2n) is 5.83. The van der Waals surface area contributed by atoms with Crippen molar-refractivity contribution in [2.75, 3.05) is 0 Å². The number of carboxylic acids is 1. The van der Waals surface area contributed by atoms with Crippen LogP contribution in [0.15, 0.2) is 12.5 Å². The van der Waals surface area contributed by atoms with E-state index >= 15 is 0 Å². The molecule has 0 spiro atoms. The lowest BCUT2D eigenvalue weighted by Crippen LogP contribution is -2.49. The molecule has 1 aromatic heterocycles. The lowest BCUT2D eigenvalue weighted by molar-refractivity contribution is -0.153. The summed E-state index contributed by atoms with van der Waals surface area (Å²) in [6.07, 6.45) is 5.04. The van der Waals surface area contributed by atoms with E-state index in [4.69, 9.17) is 0 Å². The molecule has 0 aromatic carbocycles. The summed E-state index contributed by atoms with van der Waals surface area (Å²) in [6, 6.07) is -0.465. The Balaban J connectivity index is 2.46. The molecule has 1 aromatic rings. The predicted octanol–water partition coefficient (Wildman–Crippen LogP) is 2.07. The minimum Gasteiger partial charge on any atom is -0.481 e. The van der Waals surface area contributed by atoms with Gasteiger partial charge in [0.1, 0.15) is 0 Å². The number of piperidine rings is 1. The van der Waals surface area contributed by atoms with Crippen molar-refractivity contribution in [3.8, 4) is 0 Å². The Kier molecular flexibility index (Phi) is 4.65. The summed E-state index contributed by atoms with van der Waals surface area (Å²) in [5.41, 5.74) is 0.825. The molecule has 6 heteroatoms. The van der Waals surface area contributed by atoms with E-state index in [1.165, 1.54) is 0 Å². The van der Waals surface area contributed by atoms with Crippen molar-refractivity contribution >= 4 is 11.9 Å². The molecule has 2 unspecified atom stereocenters. The summed E-state index contributed by atoms with van der Waals surface area (Å²) in [4.78, 5) is 29.8. The SMILES string of the molecule is CCCn1cncc1C1C(C(=O)O)CCC(=O)N1C(C)C. The van der Waals surface area contributed by atoms with E-state index in [-0.39, 0.29) is 11.9 Å². The molecule has 0 saturated carbocycles. The highest BCUT2D eigenvalue weighted by Gasteiger charge is 2.43. The van der Waals surface area contributed by atoms with Gasteiger partial charge in [-0.25, -0.2) is 4.98 Å². The smallest absolute Gasteiger partial charge is 0.309 e. The third-order valence-corrected chi connectivity index (χ3v) is 4.02. The fourth-order valence-electron chi connectivity index (χ4n) is 3.14. The standard InChI is InChI=1S/C15H23N3O3/c1-4-7-17-9-16-8-12(17)14-11(15(20)21)5-6-13(19)18(14)10(2)3/h8-11,14H,4-7H2,1-3H3,(H,20,21). The van der Waals surface area contributed by atoms with E-state index in [0.717, 1.165) is 18.7 Å². The van der Waals surface area contributed by atoms with E-state index in [9.17, 15) is 14.7 Å². The summed E-state index contributed by atoms with van der Waals surface area (Å²) in [5.74, 6) is -1.39. The maximum atomic E-state index is 12.3. The first-order chi connectivity index (χ1) is 9.97. The molecule has 0 radical (unpaired) electrons. The van der Waals surface area contributed by atoms with Crippen LogP contribution < -0.4 is 0 Å². The van der Waals surface area contributed by atoms with Gasteiger partial charge in [0.05, 0.1) is 30.2 Å². The van der Waals surface area contributed by atoms with Gasteiger partial charge in [-0.3, -0.25) is 9.59 Å². The summed E-state index contributed by atoms with van der Waals surface area (Å²) < 4.78 is 1.97. The zero-order chi connectivity index (χ0) is 15.6. The molecule has 1 saturated heterocycles. The number of aliphatic carboxylic acids is 1. The second-order valence-corrected chi connectivity index (χ2v) is 5.83. The maximum Gasteiger partial charge on any atom is 0.309 e. The molecule has 0 bridgehead atoms. The summed E-state index contributed by atoms with van der Waals surface area (Å²) in [5, 5.41) is 9.55. The van der Waals surface area contributed by atoms with E-state index in [1.54, 1.807) is 17.4 Å². The highest BCUT2D eigenvalue weighted by Crippen LogP contribution is 2.38. The predicted molar refractivity (Wildman–Crippen MR) is 77.6 cm³/mol. The Labute approximate surface area is 124 Å². The van der Waals surface area contributed by atoms with Crippen LogP contribution in [0.1, 0.15) is 51.8 Å². The lowest BCUT2D eigenvalue weighted by Gasteiger charge is -2.42. The molecule has 2 heterocycles. The number of aryl methyl sites for hydroxylation is 1. The number of aromatic nitrogens is 2. The molecule has 1 amide bonds. The number of rotatable bonds is 5.